The SMILES string of the molecule is NCC1CCC(C(=O)C2=COCCC2)CC1. The second-order valence-electron chi connectivity index (χ2n) is 4.94. The lowest BCUT2D eigenvalue weighted by Gasteiger charge is -2.27. The minimum absolute atomic E-state index is 0.232. The highest BCUT2D eigenvalue weighted by atomic mass is 16.5. The molecule has 0 saturated heterocycles. The Labute approximate surface area is 97.0 Å². The molecule has 2 rings (SSSR count). The Kier molecular flexibility index (Phi) is 3.99. The maximum absolute atomic E-state index is 12.2. The average Bonchev–Trinajstić information content (AvgIpc) is 2.39. The molecular weight excluding hydrogens is 202 g/mol. The fraction of sp³-hybridized carbons (Fsp3) is 0.769. The Bertz CT molecular complexity index is 278. The Hall–Kier alpha value is -0.830. The van der Waals surface area contributed by atoms with Crippen LogP contribution >= 0.6 is 0 Å². The molecule has 16 heavy (non-hydrogen) atoms. The Morgan fingerprint density at radius 1 is 1.38 bits per heavy atom. The molecule has 2 aliphatic rings. The van der Waals surface area contributed by atoms with E-state index in [0.717, 1.165) is 57.2 Å². The number of carbonyl (C=O) groups is 1. The number of hydrogen-bond acceptors (Lipinski definition) is 3. The highest BCUT2D eigenvalue weighted by molar-refractivity contribution is 5.97. The number of carbonyl (C=O) groups excluding carboxylic acids is 1. The van der Waals surface area contributed by atoms with Crippen LogP contribution in [0, 0.1) is 11.8 Å². The number of rotatable bonds is 3. The molecule has 3 nitrogen and oxygen atoms in total. The Morgan fingerprint density at radius 3 is 2.69 bits per heavy atom. The molecule has 2 N–H and O–H groups in total. The lowest BCUT2D eigenvalue weighted by atomic mass is 9.78. The van der Waals surface area contributed by atoms with Crippen molar-refractivity contribution in [2.75, 3.05) is 13.2 Å². The molecule has 0 aromatic heterocycles. The van der Waals surface area contributed by atoms with Crippen molar-refractivity contribution >= 4 is 5.78 Å². The number of hydrogen-bond donors (Lipinski definition) is 1. The van der Waals surface area contributed by atoms with E-state index in [1.807, 2.05) is 0 Å². The first-order chi connectivity index (χ1) is 7.81. The molecule has 0 aromatic rings. The lowest BCUT2D eigenvalue weighted by molar-refractivity contribution is -0.120. The summed E-state index contributed by atoms with van der Waals surface area (Å²) < 4.78 is 5.23. The van der Waals surface area contributed by atoms with E-state index in [1.54, 1.807) is 6.26 Å². The summed E-state index contributed by atoms with van der Waals surface area (Å²) in [5, 5.41) is 0. The van der Waals surface area contributed by atoms with Gasteiger partial charge in [-0.25, -0.2) is 0 Å². The van der Waals surface area contributed by atoms with E-state index in [1.165, 1.54) is 0 Å². The molecule has 0 spiro atoms. The normalized spacial score (nSPS) is 30.4. The Balaban J connectivity index is 1.88. The standard InChI is InChI=1S/C13H21NO2/c14-8-10-3-5-11(6-4-10)13(15)12-2-1-7-16-9-12/h9-11H,1-8,14H2. The fourth-order valence-corrected chi connectivity index (χ4v) is 2.67. The molecule has 1 aliphatic heterocycles. The molecular formula is C13H21NO2. The maximum Gasteiger partial charge on any atom is 0.164 e. The van der Waals surface area contributed by atoms with Gasteiger partial charge in [-0.3, -0.25) is 4.79 Å². The van der Waals surface area contributed by atoms with Gasteiger partial charge in [-0.2, -0.15) is 0 Å². The smallest absolute Gasteiger partial charge is 0.164 e. The second kappa shape index (κ2) is 5.48. The van der Waals surface area contributed by atoms with Gasteiger partial charge in [-0.05, 0) is 51.0 Å². The zero-order valence-corrected chi connectivity index (χ0v) is 9.78. The van der Waals surface area contributed by atoms with Crippen molar-refractivity contribution in [3.8, 4) is 0 Å². The van der Waals surface area contributed by atoms with Crippen LogP contribution in [0.2, 0.25) is 0 Å². The highest BCUT2D eigenvalue weighted by Crippen LogP contribution is 2.31. The molecule has 90 valence electrons. The van der Waals surface area contributed by atoms with Crippen molar-refractivity contribution < 1.29 is 9.53 Å². The monoisotopic (exact) mass is 223 g/mol. The van der Waals surface area contributed by atoms with Crippen LogP contribution < -0.4 is 5.73 Å². The number of Topliss-reactive ketones (excluding diaryl/α,β-unsaturated/α-hetero) is 1. The molecule has 0 bridgehead atoms. The first kappa shape index (κ1) is 11.6. The number of ether oxygens (including phenoxy) is 1. The summed E-state index contributed by atoms with van der Waals surface area (Å²) in [4.78, 5) is 12.2. The summed E-state index contributed by atoms with van der Waals surface area (Å²) in [6.07, 6.45) is 7.81. The van der Waals surface area contributed by atoms with Gasteiger partial charge in [0.1, 0.15) is 0 Å². The first-order valence-electron chi connectivity index (χ1n) is 6.36. The van der Waals surface area contributed by atoms with Crippen LogP contribution in [0.4, 0.5) is 0 Å². The van der Waals surface area contributed by atoms with Crippen LogP contribution in [-0.4, -0.2) is 18.9 Å². The van der Waals surface area contributed by atoms with Crippen molar-refractivity contribution in [2.45, 2.75) is 38.5 Å². The number of ketones is 1. The third kappa shape index (κ3) is 2.64. The highest BCUT2D eigenvalue weighted by Gasteiger charge is 2.28. The van der Waals surface area contributed by atoms with Crippen LogP contribution in [0.3, 0.4) is 0 Å². The molecule has 1 heterocycles. The van der Waals surface area contributed by atoms with Crippen LogP contribution in [0.15, 0.2) is 11.8 Å². The Morgan fingerprint density at radius 2 is 2.12 bits per heavy atom. The first-order valence-corrected chi connectivity index (χ1v) is 6.36. The van der Waals surface area contributed by atoms with Crippen LogP contribution in [-0.2, 0) is 9.53 Å². The molecule has 0 radical (unpaired) electrons. The van der Waals surface area contributed by atoms with Gasteiger partial charge in [-0.15, -0.1) is 0 Å². The minimum Gasteiger partial charge on any atom is -0.501 e. The summed E-state index contributed by atoms with van der Waals surface area (Å²) in [5.74, 6) is 1.20. The summed E-state index contributed by atoms with van der Waals surface area (Å²) in [5.41, 5.74) is 6.56. The lowest BCUT2D eigenvalue weighted by Crippen LogP contribution is -2.27. The van der Waals surface area contributed by atoms with Crippen LogP contribution in [0.25, 0.3) is 0 Å². The topological polar surface area (TPSA) is 52.3 Å². The summed E-state index contributed by atoms with van der Waals surface area (Å²) in [7, 11) is 0. The molecule has 1 aliphatic carbocycles. The van der Waals surface area contributed by atoms with E-state index in [0.29, 0.717) is 11.7 Å². The summed E-state index contributed by atoms with van der Waals surface area (Å²) >= 11 is 0. The van der Waals surface area contributed by atoms with Gasteiger partial charge < -0.3 is 10.5 Å². The van der Waals surface area contributed by atoms with Crippen molar-refractivity contribution in [1.29, 1.82) is 0 Å². The zero-order chi connectivity index (χ0) is 11.4. The van der Waals surface area contributed by atoms with Crippen LogP contribution in [0.1, 0.15) is 38.5 Å². The van der Waals surface area contributed by atoms with Gasteiger partial charge in [0.25, 0.3) is 0 Å². The van der Waals surface area contributed by atoms with E-state index in [4.69, 9.17) is 10.5 Å². The van der Waals surface area contributed by atoms with Gasteiger partial charge in [0.05, 0.1) is 12.9 Å². The number of allylic oxidation sites excluding steroid dienone is 1. The average molecular weight is 223 g/mol. The van der Waals surface area contributed by atoms with Gasteiger partial charge in [-0.1, -0.05) is 0 Å². The molecule has 1 fully saturated rings. The van der Waals surface area contributed by atoms with E-state index < -0.39 is 0 Å². The van der Waals surface area contributed by atoms with Gasteiger partial charge in [0.2, 0.25) is 0 Å². The van der Waals surface area contributed by atoms with Crippen molar-refractivity contribution in [3.63, 3.8) is 0 Å². The third-order valence-corrected chi connectivity index (χ3v) is 3.80. The molecule has 1 saturated carbocycles. The fourth-order valence-electron chi connectivity index (χ4n) is 2.67. The van der Waals surface area contributed by atoms with E-state index >= 15 is 0 Å². The molecule has 0 unspecified atom stereocenters. The molecule has 0 amide bonds. The third-order valence-electron chi connectivity index (χ3n) is 3.80. The minimum atomic E-state index is 0.232. The van der Waals surface area contributed by atoms with E-state index in [9.17, 15) is 4.79 Å². The van der Waals surface area contributed by atoms with Crippen molar-refractivity contribution in [1.82, 2.24) is 0 Å². The van der Waals surface area contributed by atoms with Crippen molar-refractivity contribution in [3.05, 3.63) is 11.8 Å². The molecule has 0 aromatic carbocycles. The summed E-state index contributed by atoms with van der Waals surface area (Å²) in [6, 6.07) is 0. The molecule has 0 atom stereocenters. The van der Waals surface area contributed by atoms with Crippen molar-refractivity contribution in [2.24, 2.45) is 17.6 Å². The van der Waals surface area contributed by atoms with Gasteiger partial charge in [0.15, 0.2) is 5.78 Å². The largest absolute Gasteiger partial charge is 0.501 e. The maximum atomic E-state index is 12.2. The second-order valence-corrected chi connectivity index (χ2v) is 4.94. The number of nitrogens with two attached hydrogens (primary N) is 1. The zero-order valence-electron chi connectivity index (χ0n) is 9.78. The quantitative estimate of drug-likeness (QED) is 0.796. The summed E-state index contributed by atoms with van der Waals surface area (Å²) in [6.45, 7) is 1.53. The van der Waals surface area contributed by atoms with Gasteiger partial charge in [0, 0.05) is 11.5 Å². The predicted octanol–water partition coefficient (Wildman–Crippen LogP) is 2.01. The predicted molar refractivity (Wildman–Crippen MR) is 62.8 cm³/mol. The molecule has 3 heteroatoms. The van der Waals surface area contributed by atoms with Gasteiger partial charge >= 0.3 is 0 Å². The van der Waals surface area contributed by atoms with Crippen LogP contribution in [0.5, 0.6) is 0 Å². The van der Waals surface area contributed by atoms with E-state index in [2.05, 4.69) is 0 Å². The van der Waals surface area contributed by atoms with E-state index in [-0.39, 0.29) is 5.92 Å².